The van der Waals surface area contributed by atoms with Crippen LogP contribution in [0.15, 0.2) is 29.4 Å². The Hall–Kier alpha value is -1.22. The summed E-state index contributed by atoms with van der Waals surface area (Å²) in [6, 6.07) is 7.42. The van der Waals surface area contributed by atoms with Gasteiger partial charge in [-0.1, -0.05) is 0 Å². The normalized spacial score (nSPS) is 10.8. The molecule has 0 aromatic heterocycles. The lowest BCUT2D eigenvalue weighted by atomic mass is 10.3. The number of thiocarbonyl (C=S) groups is 1. The molecule has 0 saturated carbocycles. The molecule has 0 atom stereocenters. The summed E-state index contributed by atoms with van der Waals surface area (Å²) in [5, 5.41) is 6.44. The van der Waals surface area contributed by atoms with E-state index in [1.807, 2.05) is 24.3 Å². The highest BCUT2D eigenvalue weighted by Crippen LogP contribution is 2.10. The van der Waals surface area contributed by atoms with E-state index in [1.165, 1.54) is 0 Å². The molecule has 0 aliphatic rings. The molecule has 17 heavy (non-hydrogen) atoms. The van der Waals surface area contributed by atoms with Crippen molar-refractivity contribution < 1.29 is 4.79 Å². The Balaban J connectivity index is 2.63. The summed E-state index contributed by atoms with van der Waals surface area (Å²) >= 11 is 6.76. The Bertz CT molecular complexity index is 458. The molecule has 5 nitrogen and oxygen atoms in total. The molecule has 1 amide bonds. The van der Waals surface area contributed by atoms with Crippen LogP contribution in [0.25, 0.3) is 0 Å². The summed E-state index contributed by atoms with van der Waals surface area (Å²) in [6.07, 6.45) is 0. The number of amides is 1. The van der Waals surface area contributed by atoms with Crippen molar-refractivity contribution in [3.8, 4) is 0 Å². The number of halogens is 1. The quantitative estimate of drug-likeness (QED) is 0.329. The van der Waals surface area contributed by atoms with Gasteiger partial charge in [-0.05, 0) is 66.0 Å². The van der Waals surface area contributed by atoms with E-state index in [9.17, 15) is 4.79 Å². The molecule has 0 heterocycles. The van der Waals surface area contributed by atoms with E-state index in [1.54, 1.807) is 6.92 Å². The van der Waals surface area contributed by atoms with Crippen molar-refractivity contribution in [1.29, 1.82) is 0 Å². The number of nitrogens with two attached hydrogens (primary N) is 1. The highest BCUT2D eigenvalue weighted by atomic mass is 127. The van der Waals surface area contributed by atoms with Crippen molar-refractivity contribution in [1.82, 2.24) is 5.43 Å². The third-order valence-corrected chi connectivity index (χ3v) is 2.57. The molecule has 4 N–H and O–H groups in total. The summed E-state index contributed by atoms with van der Waals surface area (Å²) in [6.45, 7) is 1.56. The van der Waals surface area contributed by atoms with Crippen LogP contribution < -0.4 is 16.5 Å². The van der Waals surface area contributed by atoms with Crippen LogP contribution in [0.3, 0.4) is 0 Å². The first kappa shape index (κ1) is 13.8. The fourth-order valence-electron chi connectivity index (χ4n) is 0.944. The predicted molar refractivity (Wildman–Crippen MR) is 80.8 cm³/mol. The molecule has 90 valence electrons. The van der Waals surface area contributed by atoms with Crippen LogP contribution >= 0.6 is 34.8 Å². The SMILES string of the molecule is C/C(=N\NC(N)=S)C(=O)Nc1ccc(I)cc1. The van der Waals surface area contributed by atoms with E-state index in [4.69, 9.17) is 5.73 Å². The lowest BCUT2D eigenvalue weighted by Crippen LogP contribution is -2.28. The Morgan fingerprint density at radius 1 is 1.41 bits per heavy atom. The molecule has 1 rings (SSSR count). The molecule has 0 aliphatic carbocycles. The van der Waals surface area contributed by atoms with Crippen LogP contribution in [0, 0.1) is 3.57 Å². The van der Waals surface area contributed by atoms with Crippen LogP contribution in [0.5, 0.6) is 0 Å². The summed E-state index contributed by atoms with van der Waals surface area (Å²) < 4.78 is 1.10. The summed E-state index contributed by atoms with van der Waals surface area (Å²) in [4.78, 5) is 11.6. The number of hydrogen-bond acceptors (Lipinski definition) is 3. The van der Waals surface area contributed by atoms with Gasteiger partial charge in [-0.2, -0.15) is 5.10 Å². The first-order valence-electron chi connectivity index (χ1n) is 4.65. The van der Waals surface area contributed by atoms with Gasteiger partial charge in [0.15, 0.2) is 5.11 Å². The van der Waals surface area contributed by atoms with E-state index in [0.717, 1.165) is 3.57 Å². The van der Waals surface area contributed by atoms with Gasteiger partial charge in [-0.25, -0.2) is 0 Å². The topological polar surface area (TPSA) is 79.5 Å². The molecular weight excluding hydrogens is 351 g/mol. The van der Waals surface area contributed by atoms with E-state index in [0.29, 0.717) is 5.69 Å². The first-order valence-corrected chi connectivity index (χ1v) is 6.14. The minimum absolute atomic E-state index is 0.0198. The third-order valence-electron chi connectivity index (χ3n) is 1.76. The zero-order chi connectivity index (χ0) is 12.8. The van der Waals surface area contributed by atoms with E-state index in [2.05, 4.69) is 50.7 Å². The maximum Gasteiger partial charge on any atom is 0.271 e. The predicted octanol–water partition coefficient (Wildman–Crippen LogP) is 1.44. The van der Waals surface area contributed by atoms with Gasteiger partial charge < -0.3 is 11.1 Å². The lowest BCUT2D eigenvalue weighted by molar-refractivity contribution is -0.110. The molecular formula is C10H11IN4OS. The van der Waals surface area contributed by atoms with Gasteiger partial charge in [-0.3, -0.25) is 10.2 Å². The lowest BCUT2D eigenvalue weighted by Gasteiger charge is -2.05. The Morgan fingerprint density at radius 3 is 2.53 bits per heavy atom. The highest BCUT2D eigenvalue weighted by molar-refractivity contribution is 14.1. The number of hydrazone groups is 1. The first-order chi connectivity index (χ1) is 7.99. The van der Waals surface area contributed by atoms with Crippen molar-refractivity contribution in [2.75, 3.05) is 5.32 Å². The number of nitrogens with one attached hydrogen (secondary N) is 2. The largest absolute Gasteiger partial charge is 0.375 e. The summed E-state index contributed by atoms with van der Waals surface area (Å²) in [5.41, 5.74) is 8.50. The summed E-state index contributed by atoms with van der Waals surface area (Å²) in [7, 11) is 0. The molecule has 7 heteroatoms. The second-order valence-electron chi connectivity index (χ2n) is 3.13. The monoisotopic (exact) mass is 362 g/mol. The Labute approximate surface area is 118 Å². The van der Waals surface area contributed by atoms with Crippen molar-refractivity contribution in [2.45, 2.75) is 6.92 Å². The van der Waals surface area contributed by atoms with Gasteiger partial charge in [0.2, 0.25) is 0 Å². The minimum Gasteiger partial charge on any atom is -0.375 e. The molecule has 1 aromatic carbocycles. The average Bonchev–Trinajstić information content (AvgIpc) is 2.28. The number of hydrogen-bond donors (Lipinski definition) is 3. The molecule has 0 aliphatic heterocycles. The Kier molecular flexibility index (Phi) is 5.29. The van der Waals surface area contributed by atoms with E-state index >= 15 is 0 Å². The van der Waals surface area contributed by atoms with Gasteiger partial charge >= 0.3 is 0 Å². The second kappa shape index (κ2) is 6.50. The average molecular weight is 362 g/mol. The maximum atomic E-state index is 11.6. The number of nitrogens with zero attached hydrogens (tertiary/aromatic N) is 1. The maximum absolute atomic E-state index is 11.6. The van der Waals surface area contributed by atoms with Gasteiger partial charge in [0.1, 0.15) is 5.71 Å². The van der Waals surface area contributed by atoms with Crippen molar-refractivity contribution in [2.24, 2.45) is 10.8 Å². The standard InChI is InChI=1S/C10H11IN4OS/c1-6(14-15-10(12)17)9(16)13-8-4-2-7(11)3-5-8/h2-5H,1H3,(H,13,16)(H3,12,15,17)/b14-6+. The van der Waals surface area contributed by atoms with Crippen LogP contribution in [0.1, 0.15) is 6.92 Å². The van der Waals surface area contributed by atoms with Gasteiger partial charge in [0.05, 0.1) is 0 Å². The zero-order valence-corrected chi connectivity index (χ0v) is 12.0. The van der Waals surface area contributed by atoms with Crippen LogP contribution in [-0.2, 0) is 4.79 Å². The van der Waals surface area contributed by atoms with Crippen LogP contribution in [0.2, 0.25) is 0 Å². The molecule has 0 radical (unpaired) electrons. The number of carbonyl (C=O) groups is 1. The molecule has 0 fully saturated rings. The smallest absolute Gasteiger partial charge is 0.271 e. The van der Waals surface area contributed by atoms with Gasteiger partial charge in [0.25, 0.3) is 5.91 Å². The fourth-order valence-corrected chi connectivity index (χ4v) is 1.35. The van der Waals surface area contributed by atoms with E-state index in [-0.39, 0.29) is 16.7 Å². The van der Waals surface area contributed by atoms with E-state index < -0.39 is 0 Å². The van der Waals surface area contributed by atoms with Crippen LogP contribution in [-0.4, -0.2) is 16.7 Å². The molecule has 0 spiro atoms. The number of benzene rings is 1. The third kappa shape index (κ3) is 5.09. The van der Waals surface area contributed by atoms with Crippen LogP contribution in [0.4, 0.5) is 5.69 Å². The molecule has 0 unspecified atom stereocenters. The number of anilines is 1. The van der Waals surface area contributed by atoms with Gasteiger partial charge in [0, 0.05) is 9.26 Å². The number of rotatable bonds is 3. The molecule has 0 saturated heterocycles. The molecule has 0 bridgehead atoms. The minimum atomic E-state index is -0.310. The molecule has 1 aromatic rings. The van der Waals surface area contributed by atoms with Crippen molar-refractivity contribution >= 4 is 57.2 Å². The second-order valence-corrected chi connectivity index (χ2v) is 4.82. The summed E-state index contributed by atoms with van der Waals surface area (Å²) in [5.74, 6) is -0.310. The Morgan fingerprint density at radius 2 is 2.00 bits per heavy atom. The van der Waals surface area contributed by atoms with Crippen molar-refractivity contribution in [3.05, 3.63) is 27.8 Å². The fraction of sp³-hybridized carbons (Fsp3) is 0.100. The van der Waals surface area contributed by atoms with Gasteiger partial charge in [-0.15, -0.1) is 0 Å². The van der Waals surface area contributed by atoms with Crippen molar-refractivity contribution in [3.63, 3.8) is 0 Å². The highest BCUT2D eigenvalue weighted by Gasteiger charge is 2.06. The number of carbonyl (C=O) groups excluding carboxylic acids is 1. The zero-order valence-electron chi connectivity index (χ0n) is 9.03.